The second-order valence-corrected chi connectivity index (χ2v) is 6.34. The summed E-state index contributed by atoms with van der Waals surface area (Å²) < 4.78 is 0. The third-order valence-corrected chi connectivity index (χ3v) is 4.74. The van der Waals surface area contributed by atoms with Crippen LogP contribution in [0.1, 0.15) is 36.3 Å². The molecule has 1 aromatic rings. The molecule has 0 bridgehead atoms. The van der Waals surface area contributed by atoms with Gasteiger partial charge in [0.15, 0.2) is 0 Å². The highest BCUT2D eigenvalue weighted by Gasteiger charge is 2.56. The Bertz CT molecular complexity index is 543. The molecule has 0 aliphatic heterocycles. The van der Waals surface area contributed by atoms with E-state index in [0.29, 0.717) is 29.8 Å². The number of nitrogens with one attached hydrogen (secondary N) is 1. The molecule has 1 amide bonds. The quantitative estimate of drug-likeness (QED) is 0.645. The fraction of sp³-hybridized carbons (Fsp3) is 0.500. The Kier molecular flexibility index (Phi) is 3.74. The number of carbonyl (C=O) groups is 1. The number of carbonyl (C=O) groups excluding carboxylic acids is 1. The minimum absolute atomic E-state index is 0.184. The second kappa shape index (κ2) is 5.52. The highest BCUT2D eigenvalue weighted by molar-refractivity contribution is 7.80. The van der Waals surface area contributed by atoms with Gasteiger partial charge in [0, 0.05) is 12.5 Å². The molecule has 3 rings (SSSR count). The van der Waals surface area contributed by atoms with Crippen LogP contribution in [0.3, 0.4) is 0 Å². The van der Waals surface area contributed by atoms with Gasteiger partial charge in [0.2, 0.25) is 5.91 Å². The predicted octanol–water partition coefficient (Wildman–Crippen LogP) is 2.14. The van der Waals surface area contributed by atoms with Crippen LogP contribution >= 0.6 is 12.2 Å². The lowest BCUT2D eigenvalue weighted by Crippen LogP contribution is -2.27. The van der Waals surface area contributed by atoms with E-state index >= 15 is 0 Å². The maximum Gasteiger partial charge on any atom is 0.224 e. The second-order valence-electron chi connectivity index (χ2n) is 5.81. The highest BCUT2D eigenvalue weighted by atomic mass is 32.1. The summed E-state index contributed by atoms with van der Waals surface area (Å²) in [6.07, 6.45) is 3.80. The summed E-state index contributed by atoms with van der Waals surface area (Å²) in [5.74, 6) is 1.40. The molecule has 0 radical (unpaired) electrons. The maximum absolute atomic E-state index is 12.3. The first-order valence-electron chi connectivity index (χ1n) is 7.32. The number of thiocarbonyl (C=S) groups is 1. The molecule has 3 atom stereocenters. The minimum Gasteiger partial charge on any atom is -0.393 e. The van der Waals surface area contributed by atoms with Crippen LogP contribution in [0.2, 0.25) is 0 Å². The number of hydrogen-bond acceptors (Lipinski definition) is 2. The molecule has 2 aliphatic rings. The van der Waals surface area contributed by atoms with Gasteiger partial charge in [-0.15, -0.1) is 0 Å². The smallest absolute Gasteiger partial charge is 0.224 e. The standard InChI is InChI=1S/C16H20N2OS/c17-13(20)6-3-9-18-16(19)15-12-8-7-10-4-1-2-5-11(10)14(12)15/h1-2,4-5,12,14-15H,3,6-9H2,(H2,17,20)(H,18,19). The summed E-state index contributed by atoms with van der Waals surface area (Å²) >= 11 is 4.83. The molecule has 1 aromatic carbocycles. The van der Waals surface area contributed by atoms with Gasteiger partial charge < -0.3 is 11.1 Å². The molecule has 1 fully saturated rings. The van der Waals surface area contributed by atoms with E-state index in [-0.39, 0.29) is 11.8 Å². The maximum atomic E-state index is 12.3. The number of fused-ring (bicyclic) bond motifs is 3. The van der Waals surface area contributed by atoms with E-state index in [1.807, 2.05) is 0 Å². The Labute approximate surface area is 124 Å². The lowest BCUT2D eigenvalue weighted by Gasteiger charge is -2.13. The lowest BCUT2D eigenvalue weighted by atomic mass is 9.92. The van der Waals surface area contributed by atoms with Crippen LogP contribution in [0, 0.1) is 11.8 Å². The summed E-state index contributed by atoms with van der Waals surface area (Å²) in [6.45, 7) is 0.674. The fourth-order valence-corrected chi connectivity index (χ4v) is 3.66. The van der Waals surface area contributed by atoms with Crippen molar-refractivity contribution in [3.63, 3.8) is 0 Å². The van der Waals surface area contributed by atoms with Crippen LogP contribution in [0.15, 0.2) is 24.3 Å². The van der Waals surface area contributed by atoms with Crippen molar-refractivity contribution >= 4 is 23.1 Å². The van der Waals surface area contributed by atoms with Crippen molar-refractivity contribution in [3.8, 4) is 0 Å². The molecule has 0 heterocycles. The molecule has 4 heteroatoms. The van der Waals surface area contributed by atoms with Gasteiger partial charge in [-0.1, -0.05) is 36.5 Å². The van der Waals surface area contributed by atoms with E-state index in [0.717, 1.165) is 19.3 Å². The fourth-order valence-electron chi connectivity index (χ4n) is 3.52. The van der Waals surface area contributed by atoms with Gasteiger partial charge in [0.25, 0.3) is 0 Å². The summed E-state index contributed by atoms with van der Waals surface area (Å²) in [7, 11) is 0. The zero-order chi connectivity index (χ0) is 14.1. The van der Waals surface area contributed by atoms with Crippen LogP contribution in [-0.4, -0.2) is 17.4 Å². The van der Waals surface area contributed by atoms with Gasteiger partial charge >= 0.3 is 0 Å². The van der Waals surface area contributed by atoms with Gasteiger partial charge in [0.1, 0.15) is 0 Å². The van der Waals surface area contributed by atoms with E-state index in [1.54, 1.807) is 0 Å². The number of aryl methyl sites for hydroxylation is 1. The number of amides is 1. The highest BCUT2D eigenvalue weighted by Crippen LogP contribution is 2.59. The third kappa shape index (κ3) is 2.57. The molecule has 1 saturated carbocycles. The first-order valence-corrected chi connectivity index (χ1v) is 7.73. The van der Waals surface area contributed by atoms with Crippen molar-refractivity contribution < 1.29 is 4.79 Å². The Hall–Kier alpha value is -1.42. The van der Waals surface area contributed by atoms with Crippen molar-refractivity contribution in [2.75, 3.05) is 6.54 Å². The van der Waals surface area contributed by atoms with Crippen LogP contribution in [0.25, 0.3) is 0 Å². The van der Waals surface area contributed by atoms with Crippen molar-refractivity contribution in [2.45, 2.75) is 31.6 Å². The van der Waals surface area contributed by atoms with Crippen LogP contribution in [0.5, 0.6) is 0 Å². The van der Waals surface area contributed by atoms with E-state index in [2.05, 4.69) is 29.6 Å². The van der Waals surface area contributed by atoms with Crippen LogP contribution in [-0.2, 0) is 11.2 Å². The van der Waals surface area contributed by atoms with Crippen LogP contribution < -0.4 is 11.1 Å². The molecular weight excluding hydrogens is 268 g/mol. The molecule has 3 nitrogen and oxygen atoms in total. The number of rotatable bonds is 5. The zero-order valence-electron chi connectivity index (χ0n) is 11.5. The molecule has 106 valence electrons. The Balaban J connectivity index is 1.56. The SMILES string of the molecule is NC(=S)CCCNC(=O)C1C2CCc3ccccc3C21. The monoisotopic (exact) mass is 288 g/mol. The first kappa shape index (κ1) is 13.6. The largest absolute Gasteiger partial charge is 0.393 e. The zero-order valence-corrected chi connectivity index (χ0v) is 12.3. The van der Waals surface area contributed by atoms with E-state index in [1.165, 1.54) is 11.1 Å². The summed E-state index contributed by atoms with van der Waals surface area (Å²) in [6, 6.07) is 8.55. The average molecular weight is 288 g/mol. The molecule has 20 heavy (non-hydrogen) atoms. The van der Waals surface area contributed by atoms with Gasteiger partial charge in [-0.3, -0.25) is 4.79 Å². The topological polar surface area (TPSA) is 55.1 Å². The van der Waals surface area contributed by atoms with Gasteiger partial charge in [-0.2, -0.15) is 0 Å². The Morgan fingerprint density at radius 2 is 2.20 bits per heavy atom. The minimum atomic E-state index is 0.184. The van der Waals surface area contributed by atoms with Crippen molar-refractivity contribution in [1.82, 2.24) is 5.32 Å². The number of hydrogen-bond donors (Lipinski definition) is 2. The Morgan fingerprint density at radius 3 is 3.00 bits per heavy atom. The van der Waals surface area contributed by atoms with Gasteiger partial charge in [0.05, 0.1) is 4.99 Å². The molecular formula is C16H20N2OS. The van der Waals surface area contributed by atoms with Crippen molar-refractivity contribution in [3.05, 3.63) is 35.4 Å². The normalized spacial score (nSPS) is 26.3. The van der Waals surface area contributed by atoms with Crippen molar-refractivity contribution in [2.24, 2.45) is 17.6 Å². The molecule has 0 saturated heterocycles. The third-order valence-electron chi connectivity index (χ3n) is 4.53. The van der Waals surface area contributed by atoms with Gasteiger partial charge in [-0.05, 0) is 48.6 Å². The molecule has 3 unspecified atom stereocenters. The first-order chi connectivity index (χ1) is 9.68. The summed E-state index contributed by atoms with van der Waals surface area (Å²) in [5.41, 5.74) is 8.27. The molecule has 2 aliphatic carbocycles. The molecule has 3 N–H and O–H groups in total. The summed E-state index contributed by atoms with van der Waals surface area (Å²) in [5, 5.41) is 3.03. The van der Waals surface area contributed by atoms with Gasteiger partial charge in [-0.25, -0.2) is 0 Å². The van der Waals surface area contributed by atoms with E-state index in [4.69, 9.17) is 18.0 Å². The molecule has 0 spiro atoms. The molecule has 0 aromatic heterocycles. The average Bonchev–Trinajstić information content (AvgIpc) is 3.18. The van der Waals surface area contributed by atoms with Crippen LogP contribution in [0.4, 0.5) is 0 Å². The number of benzene rings is 1. The summed E-state index contributed by atoms with van der Waals surface area (Å²) in [4.78, 5) is 12.8. The number of nitrogens with two attached hydrogens (primary N) is 1. The van der Waals surface area contributed by atoms with E-state index < -0.39 is 0 Å². The lowest BCUT2D eigenvalue weighted by molar-refractivity contribution is -0.122. The van der Waals surface area contributed by atoms with Crippen molar-refractivity contribution in [1.29, 1.82) is 0 Å². The van der Waals surface area contributed by atoms with E-state index in [9.17, 15) is 4.79 Å². The Morgan fingerprint density at radius 1 is 1.40 bits per heavy atom. The predicted molar refractivity (Wildman–Crippen MR) is 83.5 cm³/mol.